The minimum absolute atomic E-state index is 0.258. The van der Waals surface area contributed by atoms with Crippen molar-refractivity contribution in [1.82, 2.24) is 9.55 Å². The molecule has 2 rings (SSSR count). The smallest absolute Gasteiger partial charge is 0.307 e. The number of H-pyrrole nitrogens is 1. The van der Waals surface area contributed by atoms with Gasteiger partial charge in [0.25, 0.3) is 5.56 Å². The van der Waals surface area contributed by atoms with Crippen LogP contribution >= 0.6 is 28.6 Å². The summed E-state index contributed by atoms with van der Waals surface area (Å²) in [5.41, 5.74) is -0.0660. The van der Waals surface area contributed by atoms with E-state index in [0.29, 0.717) is 29.6 Å². The zero-order valence-corrected chi connectivity index (χ0v) is 11.4. The Morgan fingerprint density at radius 1 is 1.35 bits per heavy atom. The van der Waals surface area contributed by atoms with Crippen LogP contribution in [0.2, 0.25) is 0 Å². The summed E-state index contributed by atoms with van der Waals surface area (Å²) in [4.78, 5) is 26.5. The molecule has 0 spiro atoms. The van der Waals surface area contributed by atoms with Gasteiger partial charge in [0.2, 0.25) is 0 Å². The lowest BCUT2D eigenvalue weighted by Gasteiger charge is -2.05. The van der Waals surface area contributed by atoms with Crippen molar-refractivity contribution in [2.24, 2.45) is 0 Å². The van der Waals surface area contributed by atoms with Crippen molar-refractivity contribution in [1.29, 1.82) is 0 Å². The summed E-state index contributed by atoms with van der Waals surface area (Å²) < 4.78 is 2.03. The van der Waals surface area contributed by atoms with E-state index in [1.54, 1.807) is 18.2 Å². The molecule has 0 fully saturated rings. The topological polar surface area (TPSA) is 54.9 Å². The van der Waals surface area contributed by atoms with Gasteiger partial charge in [-0.15, -0.1) is 0 Å². The Balaban J connectivity index is 2.69. The number of rotatable bonds is 3. The monoisotopic (exact) mass is 314 g/mol. The van der Waals surface area contributed by atoms with Crippen LogP contribution in [-0.2, 0) is 6.54 Å². The van der Waals surface area contributed by atoms with Gasteiger partial charge in [-0.2, -0.15) is 12.6 Å². The van der Waals surface area contributed by atoms with E-state index in [1.807, 2.05) is 0 Å². The van der Waals surface area contributed by atoms with Crippen molar-refractivity contribution >= 4 is 39.5 Å². The third kappa shape index (κ3) is 2.47. The van der Waals surface area contributed by atoms with Gasteiger partial charge in [-0.05, 0) is 30.4 Å². The van der Waals surface area contributed by atoms with E-state index >= 15 is 0 Å². The molecule has 2 aromatic rings. The van der Waals surface area contributed by atoms with Crippen molar-refractivity contribution in [3.63, 3.8) is 0 Å². The van der Waals surface area contributed by atoms with Crippen molar-refractivity contribution in [2.75, 3.05) is 5.75 Å². The summed E-state index contributed by atoms with van der Waals surface area (Å²) in [7, 11) is 0. The number of halogens is 1. The van der Waals surface area contributed by atoms with Gasteiger partial charge < -0.3 is 4.98 Å². The Morgan fingerprint density at radius 3 is 2.82 bits per heavy atom. The zero-order valence-electron chi connectivity index (χ0n) is 8.94. The molecule has 0 radical (unpaired) electrons. The molecule has 0 unspecified atom stereocenters. The highest BCUT2D eigenvalue weighted by Crippen LogP contribution is 2.14. The van der Waals surface area contributed by atoms with Crippen LogP contribution in [0.5, 0.6) is 0 Å². The van der Waals surface area contributed by atoms with Crippen LogP contribution in [0.1, 0.15) is 6.42 Å². The van der Waals surface area contributed by atoms with Crippen LogP contribution < -0.4 is 11.2 Å². The Hall–Kier alpha value is -1.01. The van der Waals surface area contributed by atoms with Gasteiger partial charge in [-0.1, -0.05) is 15.9 Å². The van der Waals surface area contributed by atoms with Crippen LogP contribution in [0.25, 0.3) is 10.9 Å². The molecule has 1 heterocycles. The van der Waals surface area contributed by atoms with Crippen molar-refractivity contribution in [3.05, 3.63) is 43.5 Å². The van der Waals surface area contributed by atoms with Crippen molar-refractivity contribution < 1.29 is 0 Å². The van der Waals surface area contributed by atoms with Crippen LogP contribution in [0.3, 0.4) is 0 Å². The first-order valence-electron chi connectivity index (χ1n) is 5.16. The molecule has 0 aliphatic carbocycles. The summed E-state index contributed by atoms with van der Waals surface area (Å²) in [6.45, 7) is 0.389. The lowest BCUT2D eigenvalue weighted by atomic mass is 10.2. The first-order chi connectivity index (χ1) is 8.13. The van der Waals surface area contributed by atoms with Crippen molar-refractivity contribution in [3.8, 4) is 0 Å². The average molecular weight is 315 g/mol. The number of benzene rings is 1. The first kappa shape index (κ1) is 12.4. The van der Waals surface area contributed by atoms with Crippen LogP contribution in [-0.4, -0.2) is 15.3 Å². The first-order valence-corrected chi connectivity index (χ1v) is 6.59. The third-order valence-electron chi connectivity index (χ3n) is 2.48. The Bertz CT molecular complexity index is 663. The fourth-order valence-electron chi connectivity index (χ4n) is 1.65. The number of fused-ring (bicyclic) bond motifs is 1. The van der Waals surface area contributed by atoms with Crippen LogP contribution in [0.15, 0.2) is 32.3 Å². The quantitative estimate of drug-likeness (QED) is 0.848. The maximum Gasteiger partial charge on any atom is 0.328 e. The molecule has 0 amide bonds. The van der Waals surface area contributed by atoms with Gasteiger partial charge in [0.05, 0.1) is 10.9 Å². The second kappa shape index (κ2) is 5.10. The molecule has 1 aromatic heterocycles. The number of nitrogens with one attached hydrogen (secondary N) is 1. The second-order valence-corrected chi connectivity index (χ2v) is 5.02. The largest absolute Gasteiger partial charge is 0.328 e. The summed E-state index contributed by atoms with van der Waals surface area (Å²) in [6.07, 6.45) is 0.686. The van der Waals surface area contributed by atoms with E-state index in [-0.39, 0.29) is 11.2 Å². The molecule has 0 aliphatic rings. The highest BCUT2D eigenvalue weighted by atomic mass is 79.9. The van der Waals surface area contributed by atoms with Crippen molar-refractivity contribution in [2.45, 2.75) is 13.0 Å². The molecule has 0 atom stereocenters. The summed E-state index contributed by atoms with van der Waals surface area (Å²) in [5.74, 6) is 0.641. The molecule has 0 saturated heterocycles. The normalized spacial score (nSPS) is 10.9. The predicted octanol–water partition coefficient (Wildman–Crippen LogP) is 1.77. The van der Waals surface area contributed by atoms with Gasteiger partial charge in [0.1, 0.15) is 0 Å². The molecule has 0 bridgehead atoms. The number of aromatic nitrogens is 2. The lowest BCUT2D eigenvalue weighted by molar-refractivity contribution is 0.627. The van der Waals surface area contributed by atoms with E-state index in [1.165, 1.54) is 4.57 Å². The Morgan fingerprint density at radius 2 is 2.12 bits per heavy atom. The fraction of sp³-hybridized carbons (Fsp3) is 0.273. The third-order valence-corrected chi connectivity index (χ3v) is 3.29. The van der Waals surface area contributed by atoms with E-state index in [4.69, 9.17) is 0 Å². The number of hydrogen-bond acceptors (Lipinski definition) is 3. The molecule has 90 valence electrons. The van der Waals surface area contributed by atoms with E-state index in [9.17, 15) is 9.59 Å². The standard InChI is InChI=1S/C11H11BrN2O2S/c12-7-2-3-9-8(6-7)10(15)14(4-1-5-17)11(16)13-9/h2-3,6,17H,1,4-5H2,(H,13,16). The number of nitrogens with zero attached hydrogens (tertiary/aromatic N) is 1. The summed E-state index contributed by atoms with van der Waals surface area (Å²) >= 11 is 7.38. The van der Waals surface area contributed by atoms with Crippen LogP contribution in [0, 0.1) is 0 Å². The highest BCUT2D eigenvalue weighted by molar-refractivity contribution is 9.10. The molecule has 4 nitrogen and oxygen atoms in total. The predicted molar refractivity (Wildman–Crippen MR) is 75.0 cm³/mol. The molecule has 1 N–H and O–H groups in total. The van der Waals surface area contributed by atoms with E-state index in [2.05, 4.69) is 33.5 Å². The van der Waals surface area contributed by atoms with E-state index < -0.39 is 0 Å². The second-order valence-electron chi connectivity index (χ2n) is 3.65. The SMILES string of the molecule is O=c1[nH]c2ccc(Br)cc2c(=O)n1CCCS. The van der Waals surface area contributed by atoms with E-state index in [0.717, 1.165) is 4.47 Å². The molecule has 0 saturated carbocycles. The minimum Gasteiger partial charge on any atom is -0.307 e. The maximum atomic E-state index is 12.1. The molecule has 17 heavy (non-hydrogen) atoms. The van der Waals surface area contributed by atoms with Gasteiger partial charge in [-0.25, -0.2) is 4.79 Å². The minimum atomic E-state index is -0.369. The fourth-order valence-corrected chi connectivity index (χ4v) is 2.16. The molecular formula is C11H11BrN2O2S. The molecule has 1 aromatic carbocycles. The van der Waals surface area contributed by atoms with Crippen LogP contribution in [0.4, 0.5) is 0 Å². The highest BCUT2D eigenvalue weighted by Gasteiger charge is 2.07. The van der Waals surface area contributed by atoms with Gasteiger partial charge in [-0.3, -0.25) is 9.36 Å². The number of aromatic amines is 1. The average Bonchev–Trinajstić information content (AvgIpc) is 2.30. The number of hydrogen-bond donors (Lipinski definition) is 2. The lowest BCUT2D eigenvalue weighted by Crippen LogP contribution is -2.35. The molecule has 6 heteroatoms. The van der Waals surface area contributed by atoms with Gasteiger partial charge in [0, 0.05) is 11.0 Å². The Labute approximate surface area is 111 Å². The Kier molecular flexibility index (Phi) is 3.73. The summed E-state index contributed by atoms with van der Waals surface area (Å²) in [6, 6.07) is 5.21. The zero-order chi connectivity index (χ0) is 12.4. The number of thiol groups is 1. The molecule has 0 aliphatic heterocycles. The van der Waals surface area contributed by atoms with Gasteiger partial charge >= 0.3 is 5.69 Å². The summed E-state index contributed by atoms with van der Waals surface area (Å²) in [5, 5.41) is 0.512. The van der Waals surface area contributed by atoms with Gasteiger partial charge in [0.15, 0.2) is 0 Å². The maximum absolute atomic E-state index is 12.1. The molecular weight excluding hydrogens is 304 g/mol.